The number of carboxylic acid groups (broad SMARTS) is 1. The third-order valence-electron chi connectivity index (χ3n) is 7.82. The van der Waals surface area contributed by atoms with E-state index >= 15 is 0 Å². The maximum Gasteiger partial charge on any atom is 0.490 e. The Morgan fingerprint density at radius 1 is 1.08 bits per heavy atom. The Labute approximate surface area is 206 Å². The molecular formula is C26H29F3N2O5. The quantitative estimate of drug-likeness (QED) is 0.431. The number of aromatic hydroxyl groups is 1. The molecule has 0 spiro atoms. The first-order chi connectivity index (χ1) is 17.2. The molecule has 2 heterocycles. The van der Waals surface area contributed by atoms with Crippen molar-refractivity contribution in [1.82, 2.24) is 5.32 Å². The summed E-state index contributed by atoms with van der Waals surface area (Å²) in [6.45, 7) is 2.25. The molecule has 4 N–H and O–H groups in total. The van der Waals surface area contributed by atoms with Crippen molar-refractivity contribution in [3.05, 3.63) is 41.5 Å². The van der Waals surface area contributed by atoms with E-state index in [1.165, 1.54) is 43.2 Å². The largest absolute Gasteiger partial charge is 0.506 e. The molecular weight excluding hydrogens is 477 g/mol. The van der Waals surface area contributed by atoms with Crippen molar-refractivity contribution in [3.63, 3.8) is 0 Å². The average molecular weight is 507 g/mol. The van der Waals surface area contributed by atoms with Crippen LogP contribution in [0, 0.1) is 5.92 Å². The number of nitrogens with one attached hydrogen (secondary N) is 2. The summed E-state index contributed by atoms with van der Waals surface area (Å²) in [5, 5.41) is 25.2. The highest BCUT2D eigenvalue weighted by Gasteiger charge is 2.51. The number of halogens is 3. The van der Waals surface area contributed by atoms with Gasteiger partial charge in [0.1, 0.15) is 19.0 Å². The molecule has 7 nitrogen and oxygen atoms in total. The van der Waals surface area contributed by atoms with Crippen LogP contribution in [0.2, 0.25) is 0 Å². The molecule has 0 amide bonds. The van der Waals surface area contributed by atoms with E-state index in [0.29, 0.717) is 30.9 Å². The first-order valence-corrected chi connectivity index (χ1v) is 12.2. The Bertz CT molecular complexity index is 1150. The van der Waals surface area contributed by atoms with Crippen LogP contribution in [0.15, 0.2) is 30.3 Å². The van der Waals surface area contributed by atoms with E-state index in [1.54, 1.807) is 0 Å². The van der Waals surface area contributed by atoms with Gasteiger partial charge in [0.2, 0.25) is 0 Å². The van der Waals surface area contributed by atoms with Crippen molar-refractivity contribution in [1.29, 1.82) is 0 Å². The highest BCUT2D eigenvalue weighted by Crippen LogP contribution is 2.55. The first-order valence-electron chi connectivity index (χ1n) is 12.2. The number of piperidine rings is 1. The van der Waals surface area contributed by atoms with Crippen LogP contribution in [0.1, 0.15) is 43.2 Å². The molecule has 1 saturated heterocycles. The minimum Gasteiger partial charge on any atom is -0.506 e. The second kappa shape index (κ2) is 9.38. The Balaban J connectivity index is 0.000000338. The molecule has 4 aliphatic rings. The summed E-state index contributed by atoms with van der Waals surface area (Å²) in [6, 6.07) is 10.6. The molecule has 2 aliphatic carbocycles. The predicted octanol–water partition coefficient (Wildman–Crippen LogP) is 4.89. The normalized spacial score (nSPS) is 26.0. The van der Waals surface area contributed by atoms with Crippen molar-refractivity contribution < 1.29 is 37.7 Å². The number of rotatable bonds is 2. The molecule has 10 heteroatoms. The summed E-state index contributed by atoms with van der Waals surface area (Å²) in [7, 11) is 0. The van der Waals surface area contributed by atoms with Crippen LogP contribution in [-0.2, 0) is 16.6 Å². The van der Waals surface area contributed by atoms with E-state index in [0.717, 1.165) is 35.8 Å². The lowest BCUT2D eigenvalue weighted by atomic mass is 9.53. The van der Waals surface area contributed by atoms with Gasteiger partial charge in [-0.1, -0.05) is 12.8 Å². The molecule has 2 fully saturated rings. The van der Waals surface area contributed by atoms with E-state index in [2.05, 4.69) is 22.8 Å². The third kappa shape index (κ3) is 4.54. The molecule has 2 aromatic carbocycles. The fourth-order valence-corrected chi connectivity index (χ4v) is 6.35. The Kier molecular flexibility index (Phi) is 6.40. The highest BCUT2D eigenvalue weighted by atomic mass is 19.4. The van der Waals surface area contributed by atoms with Gasteiger partial charge < -0.3 is 30.3 Å². The lowest BCUT2D eigenvalue weighted by Gasteiger charge is -2.56. The Morgan fingerprint density at radius 3 is 2.58 bits per heavy atom. The van der Waals surface area contributed by atoms with Crippen molar-refractivity contribution >= 4 is 17.3 Å². The second-order valence-electron chi connectivity index (χ2n) is 9.84. The zero-order valence-corrected chi connectivity index (χ0v) is 19.7. The maximum absolute atomic E-state index is 10.9. The molecule has 0 unspecified atom stereocenters. The number of anilines is 2. The highest BCUT2D eigenvalue weighted by molar-refractivity contribution is 5.73. The van der Waals surface area contributed by atoms with E-state index in [1.807, 2.05) is 18.2 Å². The van der Waals surface area contributed by atoms with Crippen LogP contribution < -0.4 is 20.1 Å². The summed E-state index contributed by atoms with van der Waals surface area (Å²) in [4.78, 5) is 8.90. The average Bonchev–Trinajstić information content (AvgIpc) is 2.85. The monoisotopic (exact) mass is 506 g/mol. The van der Waals surface area contributed by atoms with Crippen LogP contribution in [-0.4, -0.2) is 48.2 Å². The molecule has 6 rings (SSSR count). The minimum atomic E-state index is -5.08. The lowest BCUT2D eigenvalue weighted by molar-refractivity contribution is -0.192. The van der Waals surface area contributed by atoms with Gasteiger partial charge in [-0.05, 0) is 73.5 Å². The van der Waals surface area contributed by atoms with Gasteiger partial charge in [-0.25, -0.2) is 4.79 Å². The van der Waals surface area contributed by atoms with E-state index in [9.17, 15) is 18.3 Å². The number of ether oxygens (including phenoxy) is 2. The Morgan fingerprint density at radius 2 is 1.83 bits per heavy atom. The number of alkyl halides is 3. The number of fused-ring (bicyclic) bond motifs is 2. The summed E-state index contributed by atoms with van der Waals surface area (Å²) < 4.78 is 43.0. The fraction of sp³-hybridized carbons (Fsp3) is 0.500. The van der Waals surface area contributed by atoms with Crippen LogP contribution in [0.25, 0.3) is 0 Å². The van der Waals surface area contributed by atoms with Gasteiger partial charge in [-0.2, -0.15) is 13.2 Å². The molecule has 194 valence electrons. The lowest BCUT2D eigenvalue weighted by Crippen LogP contribution is -2.59. The summed E-state index contributed by atoms with van der Waals surface area (Å²) in [5.41, 5.74) is 4.72. The molecule has 0 aromatic heterocycles. The molecule has 2 aliphatic heterocycles. The number of aliphatic carboxylic acids is 1. The zero-order valence-electron chi connectivity index (χ0n) is 19.7. The SMILES string of the molecule is O=C(O)C(F)(F)F.Oc1cc2c(cc1Nc1ccc3c(c1)OCCO3)C[C@@H]1NCC[C@]23CCCC[C@H]13. The molecule has 3 atom stereocenters. The van der Waals surface area contributed by atoms with Crippen molar-refractivity contribution in [2.75, 3.05) is 25.1 Å². The number of phenols is 1. The van der Waals surface area contributed by atoms with Gasteiger partial charge in [0.15, 0.2) is 11.5 Å². The zero-order chi connectivity index (χ0) is 25.5. The summed E-state index contributed by atoms with van der Waals surface area (Å²) in [6.07, 6.45) is 2.38. The minimum absolute atomic E-state index is 0.259. The van der Waals surface area contributed by atoms with E-state index in [-0.39, 0.29) is 5.41 Å². The molecule has 0 radical (unpaired) electrons. The first kappa shape index (κ1) is 24.5. The van der Waals surface area contributed by atoms with Crippen molar-refractivity contribution in [3.8, 4) is 17.2 Å². The predicted molar refractivity (Wildman–Crippen MR) is 126 cm³/mol. The number of phenolic OH excluding ortho intramolecular Hbond substituents is 1. The summed E-state index contributed by atoms with van der Waals surface area (Å²) >= 11 is 0. The number of benzene rings is 2. The van der Waals surface area contributed by atoms with Crippen LogP contribution >= 0.6 is 0 Å². The van der Waals surface area contributed by atoms with Gasteiger partial charge in [0, 0.05) is 23.2 Å². The van der Waals surface area contributed by atoms with Gasteiger partial charge in [-0.15, -0.1) is 0 Å². The Hall–Kier alpha value is -3.14. The molecule has 2 bridgehead atoms. The number of hydrogen-bond donors (Lipinski definition) is 4. The van der Waals surface area contributed by atoms with Crippen molar-refractivity contribution in [2.45, 2.75) is 56.2 Å². The van der Waals surface area contributed by atoms with Gasteiger partial charge in [0.25, 0.3) is 0 Å². The van der Waals surface area contributed by atoms with E-state index < -0.39 is 12.1 Å². The fourth-order valence-electron chi connectivity index (χ4n) is 6.35. The van der Waals surface area contributed by atoms with Crippen LogP contribution in [0.4, 0.5) is 24.5 Å². The maximum atomic E-state index is 10.9. The van der Waals surface area contributed by atoms with Gasteiger partial charge >= 0.3 is 12.1 Å². The molecule has 36 heavy (non-hydrogen) atoms. The smallest absolute Gasteiger partial charge is 0.490 e. The van der Waals surface area contributed by atoms with Crippen LogP contribution in [0.3, 0.4) is 0 Å². The van der Waals surface area contributed by atoms with Crippen molar-refractivity contribution in [2.24, 2.45) is 5.92 Å². The molecule has 1 saturated carbocycles. The topological polar surface area (TPSA) is 100 Å². The standard InChI is InChI=1S/C24H28N2O3.C2HF3O2/c27-21-14-18-15(11-19-17-3-1-2-6-24(17,18)7-8-25-19)12-20(21)26-16-4-5-22-23(13-16)29-10-9-28-22;3-2(4,5)1(6)7/h4-5,12-14,17,19,25-27H,1-3,6-11H2;(H,6,7)/t17-,19+,24+;/m1./s1. The number of carbonyl (C=O) groups is 1. The second-order valence-corrected chi connectivity index (χ2v) is 9.84. The number of hydrogen-bond acceptors (Lipinski definition) is 6. The van der Waals surface area contributed by atoms with Crippen LogP contribution in [0.5, 0.6) is 17.2 Å². The van der Waals surface area contributed by atoms with Gasteiger partial charge in [0.05, 0.1) is 5.69 Å². The third-order valence-corrected chi connectivity index (χ3v) is 7.82. The van der Waals surface area contributed by atoms with Gasteiger partial charge in [-0.3, -0.25) is 0 Å². The van der Waals surface area contributed by atoms with E-state index in [4.69, 9.17) is 19.4 Å². The number of carboxylic acids is 1. The summed E-state index contributed by atoms with van der Waals surface area (Å²) in [5.74, 6) is -0.172. The molecule has 2 aromatic rings.